The van der Waals surface area contributed by atoms with Gasteiger partial charge in [0.1, 0.15) is 5.76 Å². The molecule has 0 saturated carbocycles. The van der Waals surface area contributed by atoms with Gasteiger partial charge >= 0.3 is 0 Å². The summed E-state index contributed by atoms with van der Waals surface area (Å²) in [5.41, 5.74) is 0. The zero-order chi connectivity index (χ0) is 11.3. The fraction of sp³-hybridized carbons (Fsp3) is 0.455. The van der Waals surface area contributed by atoms with E-state index < -0.39 is 0 Å². The molecule has 0 aromatic rings. The molecular weight excluding hydrogens is 196 g/mol. The molecule has 0 heterocycles. The van der Waals surface area contributed by atoms with Crippen LogP contribution >= 0.6 is 0 Å². The molecule has 4 heteroatoms. The molecule has 0 aromatic carbocycles. The fourth-order valence-corrected chi connectivity index (χ4v) is 1.48. The summed E-state index contributed by atoms with van der Waals surface area (Å²) in [6.45, 7) is 0.00463. The fourth-order valence-electron chi connectivity index (χ4n) is 1.48. The molecule has 1 aliphatic rings. The Bertz CT molecular complexity index is 302. The van der Waals surface area contributed by atoms with E-state index in [-0.39, 0.29) is 18.3 Å². The molecule has 0 fully saturated rings. The summed E-state index contributed by atoms with van der Waals surface area (Å²) >= 11 is 0. The lowest BCUT2D eigenvalue weighted by Crippen LogP contribution is -2.10. The van der Waals surface area contributed by atoms with Crippen molar-refractivity contribution in [3.05, 3.63) is 35.5 Å². The van der Waals surface area contributed by atoms with Crippen molar-refractivity contribution < 1.29 is 19.7 Å². The highest BCUT2D eigenvalue weighted by atomic mass is 16.5. The van der Waals surface area contributed by atoms with Crippen molar-refractivity contribution in [2.75, 3.05) is 20.8 Å². The van der Waals surface area contributed by atoms with Crippen LogP contribution in [0.5, 0.6) is 0 Å². The van der Waals surface area contributed by atoms with Gasteiger partial charge in [-0.15, -0.1) is 0 Å². The standard InChI is InChI=1S/C11H16O4/c1-14-9-6-8(4-3-5-12)7-10(15-2)11(9)13/h3-4,6,8,12-13H,5,7H2,1-2H3. The van der Waals surface area contributed by atoms with E-state index in [0.717, 1.165) is 0 Å². The molecule has 0 amide bonds. The van der Waals surface area contributed by atoms with Crippen LogP contribution in [0.3, 0.4) is 0 Å². The third-order valence-corrected chi connectivity index (χ3v) is 2.24. The van der Waals surface area contributed by atoms with E-state index in [2.05, 4.69) is 0 Å². The van der Waals surface area contributed by atoms with Crippen LogP contribution in [0.2, 0.25) is 0 Å². The minimum absolute atomic E-state index is 0.00463. The van der Waals surface area contributed by atoms with Crippen molar-refractivity contribution in [1.82, 2.24) is 0 Å². The lowest BCUT2D eigenvalue weighted by molar-refractivity contribution is 0.195. The number of aliphatic hydroxyl groups is 2. The average Bonchev–Trinajstić information content (AvgIpc) is 2.27. The monoisotopic (exact) mass is 212 g/mol. The van der Waals surface area contributed by atoms with E-state index in [1.165, 1.54) is 14.2 Å². The van der Waals surface area contributed by atoms with Gasteiger partial charge in [0.05, 0.1) is 20.8 Å². The lowest BCUT2D eigenvalue weighted by atomic mass is 9.97. The third kappa shape index (κ3) is 2.76. The molecule has 1 aliphatic carbocycles. The van der Waals surface area contributed by atoms with Crippen molar-refractivity contribution in [1.29, 1.82) is 0 Å². The normalized spacial score (nSPS) is 21.8. The second-order valence-electron chi connectivity index (χ2n) is 3.19. The number of methoxy groups -OCH3 is 2. The van der Waals surface area contributed by atoms with E-state index in [1.807, 2.05) is 6.08 Å². The van der Waals surface area contributed by atoms with Crippen LogP contribution in [0, 0.1) is 5.92 Å². The number of rotatable bonds is 4. The maximum Gasteiger partial charge on any atom is 0.196 e. The number of hydrogen-bond donors (Lipinski definition) is 2. The van der Waals surface area contributed by atoms with Crippen LogP contribution in [-0.2, 0) is 9.47 Å². The highest BCUT2D eigenvalue weighted by molar-refractivity contribution is 5.29. The maximum atomic E-state index is 9.66. The SMILES string of the molecule is COC1=CC(C=CCO)CC(OC)=C1O. The van der Waals surface area contributed by atoms with Gasteiger partial charge in [-0.05, 0) is 6.08 Å². The highest BCUT2D eigenvalue weighted by Gasteiger charge is 2.21. The maximum absolute atomic E-state index is 9.66. The lowest BCUT2D eigenvalue weighted by Gasteiger charge is -2.20. The molecule has 4 nitrogen and oxygen atoms in total. The predicted octanol–water partition coefficient (Wildman–Crippen LogP) is 1.50. The number of allylic oxidation sites excluding steroid dienone is 3. The topological polar surface area (TPSA) is 58.9 Å². The van der Waals surface area contributed by atoms with Crippen molar-refractivity contribution in [2.24, 2.45) is 5.92 Å². The second-order valence-corrected chi connectivity index (χ2v) is 3.19. The van der Waals surface area contributed by atoms with Crippen LogP contribution in [0.15, 0.2) is 35.5 Å². The first-order valence-electron chi connectivity index (χ1n) is 4.72. The predicted molar refractivity (Wildman–Crippen MR) is 56.1 cm³/mol. The van der Waals surface area contributed by atoms with E-state index >= 15 is 0 Å². The highest BCUT2D eigenvalue weighted by Crippen LogP contribution is 2.28. The van der Waals surface area contributed by atoms with Gasteiger partial charge in [0.15, 0.2) is 11.5 Å². The summed E-state index contributed by atoms with van der Waals surface area (Å²) in [4.78, 5) is 0. The third-order valence-electron chi connectivity index (χ3n) is 2.24. The average molecular weight is 212 g/mol. The number of ether oxygens (including phenoxy) is 2. The molecule has 1 atom stereocenters. The van der Waals surface area contributed by atoms with E-state index in [4.69, 9.17) is 14.6 Å². The summed E-state index contributed by atoms with van der Waals surface area (Å²) in [5.74, 6) is 1.04. The van der Waals surface area contributed by atoms with Gasteiger partial charge in [-0.1, -0.05) is 12.2 Å². The van der Waals surface area contributed by atoms with E-state index in [0.29, 0.717) is 17.9 Å². The van der Waals surface area contributed by atoms with Crippen molar-refractivity contribution in [3.8, 4) is 0 Å². The van der Waals surface area contributed by atoms with Gasteiger partial charge in [0.25, 0.3) is 0 Å². The Morgan fingerprint density at radius 3 is 2.73 bits per heavy atom. The Morgan fingerprint density at radius 1 is 1.47 bits per heavy atom. The molecule has 0 saturated heterocycles. The van der Waals surface area contributed by atoms with Crippen molar-refractivity contribution >= 4 is 0 Å². The Hall–Kier alpha value is -1.42. The molecule has 15 heavy (non-hydrogen) atoms. The quantitative estimate of drug-likeness (QED) is 0.693. The summed E-state index contributed by atoms with van der Waals surface area (Å²) in [5, 5.41) is 18.3. The van der Waals surface area contributed by atoms with Crippen molar-refractivity contribution in [2.45, 2.75) is 6.42 Å². The van der Waals surface area contributed by atoms with Gasteiger partial charge in [0.2, 0.25) is 0 Å². The Labute approximate surface area is 89.1 Å². The van der Waals surface area contributed by atoms with E-state index in [1.54, 1.807) is 12.2 Å². The smallest absolute Gasteiger partial charge is 0.196 e. The zero-order valence-corrected chi connectivity index (χ0v) is 8.93. The first kappa shape index (κ1) is 11.7. The molecule has 2 N–H and O–H groups in total. The number of hydrogen-bond acceptors (Lipinski definition) is 4. The Kier molecular flexibility index (Phi) is 4.24. The molecule has 0 aromatic heterocycles. The van der Waals surface area contributed by atoms with Crippen molar-refractivity contribution in [3.63, 3.8) is 0 Å². The molecule has 0 bridgehead atoms. The van der Waals surface area contributed by atoms with Crippen LogP contribution < -0.4 is 0 Å². The Balaban J connectivity index is 2.85. The van der Waals surface area contributed by atoms with Gasteiger partial charge in [-0.25, -0.2) is 0 Å². The first-order valence-corrected chi connectivity index (χ1v) is 4.72. The molecule has 0 spiro atoms. The first-order chi connectivity index (χ1) is 7.22. The van der Waals surface area contributed by atoms with Crippen LogP contribution in [0.1, 0.15) is 6.42 Å². The summed E-state index contributed by atoms with van der Waals surface area (Å²) in [7, 11) is 3.00. The summed E-state index contributed by atoms with van der Waals surface area (Å²) < 4.78 is 10.1. The molecular formula is C11H16O4. The van der Waals surface area contributed by atoms with Gasteiger partial charge < -0.3 is 19.7 Å². The largest absolute Gasteiger partial charge is 0.502 e. The van der Waals surface area contributed by atoms with Gasteiger partial charge in [0, 0.05) is 12.3 Å². The number of aliphatic hydroxyl groups excluding tert-OH is 2. The zero-order valence-electron chi connectivity index (χ0n) is 8.93. The van der Waals surface area contributed by atoms with Crippen LogP contribution in [-0.4, -0.2) is 31.0 Å². The molecule has 1 unspecified atom stereocenters. The second kappa shape index (κ2) is 5.46. The molecule has 1 rings (SSSR count). The van der Waals surface area contributed by atoms with Gasteiger partial charge in [-0.3, -0.25) is 0 Å². The summed E-state index contributed by atoms with van der Waals surface area (Å²) in [6.07, 6.45) is 5.88. The summed E-state index contributed by atoms with van der Waals surface area (Å²) in [6, 6.07) is 0. The molecule has 0 aliphatic heterocycles. The van der Waals surface area contributed by atoms with E-state index in [9.17, 15) is 5.11 Å². The molecule has 84 valence electrons. The van der Waals surface area contributed by atoms with Gasteiger partial charge in [-0.2, -0.15) is 0 Å². The molecule has 0 radical (unpaired) electrons. The minimum atomic E-state index is 0.00463. The van der Waals surface area contributed by atoms with Crippen LogP contribution in [0.4, 0.5) is 0 Å². The Morgan fingerprint density at radius 2 is 2.20 bits per heavy atom. The minimum Gasteiger partial charge on any atom is -0.502 e. The van der Waals surface area contributed by atoms with Crippen LogP contribution in [0.25, 0.3) is 0 Å².